The van der Waals surface area contributed by atoms with Gasteiger partial charge in [0.15, 0.2) is 5.78 Å². The lowest BCUT2D eigenvalue weighted by Crippen LogP contribution is -2.34. The molecule has 1 atom stereocenters. The van der Waals surface area contributed by atoms with Crippen LogP contribution in [0, 0.1) is 34.6 Å². The van der Waals surface area contributed by atoms with E-state index in [1.165, 1.54) is 5.56 Å². The number of rotatable bonds is 9. The summed E-state index contributed by atoms with van der Waals surface area (Å²) in [7, 11) is 3.47. The molecule has 1 amide bonds. The fourth-order valence-corrected chi connectivity index (χ4v) is 4.24. The van der Waals surface area contributed by atoms with Crippen LogP contribution >= 0.6 is 0 Å². The second-order valence-corrected chi connectivity index (χ2v) is 8.38. The Kier molecular flexibility index (Phi) is 7.98. The molecule has 0 aliphatic heterocycles. The van der Waals surface area contributed by atoms with E-state index in [4.69, 9.17) is 4.74 Å². The second kappa shape index (κ2) is 10.0. The van der Waals surface area contributed by atoms with Crippen LogP contribution in [0.3, 0.4) is 0 Å². The maximum Gasteiger partial charge on any atom is 0.238 e. The van der Waals surface area contributed by atoms with Crippen LogP contribution in [-0.2, 0) is 9.53 Å². The highest BCUT2D eigenvalue weighted by atomic mass is 16.5. The summed E-state index contributed by atoms with van der Waals surface area (Å²) in [6, 6.07) is 6.18. The second-order valence-electron chi connectivity index (χ2n) is 8.38. The van der Waals surface area contributed by atoms with Gasteiger partial charge in [0.1, 0.15) is 0 Å². The molecule has 164 valence electrons. The van der Waals surface area contributed by atoms with Crippen molar-refractivity contribution in [2.45, 2.75) is 47.6 Å². The molecular formula is C24H35N3O3. The lowest BCUT2D eigenvalue weighted by molar-refractivity contribution is -0.116. The van der Waals surface area contributed by atoms with Gasteiger partial charge in [-0.1, -0.05) is 17.7 Å². The highest BCUT2D eigenvalue weighted by molar-refractivity contribution is 5.99. The predicted molar refractivity (Wildman–Crippen MR) is 122 cm³/mol. The SMILES string of the molecule is COC[C@@H](C)n1c(C)cc(C(=O)CN(C)CC(=O)Nc2c(C)cc(C)cc2C)c1C. The van der Waals surface area contributed by atoms with Gasteiger partial charge < -0.3 is 14.6 Å². The summed E-state index contributed by atoms with van der Waals surface area (Å²) in [5, 5.41) is 2.99. The van der Waals surface area contributed by atoms with Crippen LogP contribution < -0.4 is 5.32 Å². The molecule has 0 saturated carbocycles. The average molecular weight is 414 g/mol. The number of likely N-dealkylation sites (N-methyl/N-ethyl adjacent to an activating group) is 1. The van der Waals surface area contributed by atoms with E-state index in [9.17, 15) is 9.59 Å². The van der Waals surface area contributed by atoms with E-state index >= 15 is 0 Å². The number of aryl methyl sites for hydroxylation is 4. The number of benzene rings is 1. The van der Waals surface area contributed by atoms with Gasteiger partial charge in [-0.2, -0.15) is 0 Å². The third kappa shape index (κ3) is 5.58. The van der Waals surface area contributed by atoms with Crippen LogP contribution in [-0.4, -0.2) is 55.0 Å². The molecule has 0 aliphatic rings. The smallest absolute Gasteiger partial charge is 0.238 e. The van der Waals surface area contributed by atoms with E-state index in [0.29, 0.717) is 12.2 Å². The zero-order valence-electron chi connectivity index (χ0n) is 19.5. The highest BCUT2D eigenvalue weighted by Crippen LogP contribution is 2.23. The Bertz CT molecular complexity index is 907. The summed E-state index contributed by atoms with van der Waals surface area (Å²) >= 11 is 0. The summed E-state index contributed by atoms with van der Waals surface area (Å²) in [5.74, 6) is -0.114. The minimum atomic E-state index is -0.125. The van der Waals surface area contributed by atoms with Gasteiger partial charge in [-0.25, -0.2) is 0 Å². The molecule has 0 radical (unpaired) electrons. The lowest BCUT2D eigenvalue weighted by Gasteiger charge is -2.19. The molecule has 6 heteroatoms. The van der Waals surface area contributed by atoms with Gasteiger partial charge in [0.05, 0.1) is 25.7 Å². The van der Waals surface area contributed by atoms with Gasteiger partial charge in [0, 0.05) is 29.7 Å². The zero-order valence-corrected chi connectivity index (χ0v) is 19.5. The number of carbonyl (C=O) groups is 2. The summed E-state index contributed by atoms with van der Waals surface area (Å²) in [5.41, 5.74) is 6.77. The molecule has 0 unspecified atom stereocenters. The van der Waals surface area contributed by atoms with E-state index in [2.05, 4.69) is 28.9 Å². The van der Waals surface area contributed by atoms with Crippen molar-refractivity contribution in [1.29, 1.82) is 0 Å². The first-order valence-corrected chi connectivity index (χ1v) is 10.3. The minimum absolute atomic E-state index is 0.0111. The van der Waals surface area contributed by atoms with Crippen LogP contribution in [0.1, 0.15) is 51.4 Å². The van der Waals surface area contributed by atoms with Crippen molar-refractivity contribution in [3.8, 4) is 0 Å². The number of Topliss-reactive ketones (excluding diaryl/α,β-unsaturated/α-hetero) is 1. The van der Waals surface area contributed by atoms with Crippen LogP contribution in [0.5, 0.6) is 0 Å². The van der Waals surface area contributed by atoms with Crippen molar-refractivity contribution in [2.24, 2.45) is 0 Å². The monoisotopic (exact) mass is 413 g/mol. The van der Waals surface area contributed by atoms with Crippen molar-refractivity contribution < 1.29 is 14.3 Å². The number of methoxy groups -OCH3 is 1. The van der Waals surface area contributed by atoms with E-state index in [-0.39, 0.29) is 30.8 Å². The molecule has 6 nitrogen and oxygen atoms in total. The Balaban J connectivity index is 2.03. The molecule has 0 saturated heterocycles. The number of hydrogen-bond acceptors (Lipinski definition) is 4. The van der Waals surface area contributed by atoms with Crippen LogP contribution in [0.15, 0.2) is 18.2 Å². The van der Waals surface area contributed by atoms with E-state index in [1.54, 1.807) is 19.1 Å². The van der Waals surface area contributed by atoms with E-state index in [1.807, 2.05) is 40.7 Å². The molecular weight excluding hydrogens is 378 g/mol. The molecule has 30 heavy (non-hydrogen) atoms. The van der Waals surface area contributed by atoms with Crippen LogP contribution in [0.4, 0.5) is 5.69 Å². The number of nitrogens with zero attached hydrogens (tertiary/aromatic N) is 2. The van der Waals surface area contributed by atoms with Gasteiger partial charge in [0.25, 0.3) is 0 Å². The van der Waals surface area contributed by atoms with Crippen molar-refractivity contribution in [3.05, 3.63) is 51.8 Å². The topological polar surface area (TPSA) is 63.6 Å². The van der Waals surface area contributed by atoms with Gasteiger partial charge >= 0.3 is 0 Å². The third-order valence-electron chi connectivity index (χ3n) is 5.40. The number of amides is 1. The molecule has 0 aliphatic carbocycles. The molecule has 0 fully saturated rings. The lowest BCUT2D eigenvalue weighted by atomic mass is 10.1. The Morgan fingerprint density at radius 2 is 1.67 bits per heavy atom. The number of ether oxygens (including phenoxy) is 1. The molecule has 1 aromatic heterocycles. The maximum absolute atomic E-state index is 12.9. The highest BCUT2D eigenvalue weighted by Gasteiger charge is 2.20. The first-order chi connectivity index (χ1) is 14.0. The maximum atomic E-state index is 12.9. The molecule has 0 bridgehead atoms. The van der Waals surface area contributed by atoms with Crippen molar-refractivity contribution in [1.82, 2.24) is 9.47 Å². The number of hydrogen-bond donors (Lipinski definition) is 1. The Hall–Kier alpha value is -2.44. The standard InChI is InChI=1S/C24H35N3O3/c1-15-9-16(2)24(17(3)10-15)25-23(29)13-26(7)12-22(28)21-11-18(4)27(20(21)6)19(5)14-30-8/h9-11,19H,12-14H2,1-8H3,(H,25,29)/t19-/m1/s1. The molecule has 2 rings (SSSR count). The molecule has 2 aromatic rings. The molecule has 0 spiro atoms. The van der Waals surface area contributed by atoms with Gasteiger partial charge in [-0.05, 0) is 65.8 Å². The number of anilines is 1. The van der Waals surface area contributed by atoms with Crippen LogP contribution in [0.25, 0.3) is 0 Å². The van der Waals surface area contributed by atoms with Crippen LogP contribution in [0.2, 0.25) is 0 Å². The summed E-state index contributed by atoms with van der Waals surface area (Å²) < 4.78 is 7.39. The number of nitrogens with one attached hydrogen (secondary N) is 1. The summed E-state index contributed by atoms with van der Waals surface area (Å²) in [6.45, 7) is 13.0. The number of aromatic nitrogens is 1. The molecule has 1 aromatic carbocycles. The average Bonchev–Trinajstić information content (AvgIpc) is 2.92. The number of carbonyl (C=O) groups excluding carboxylic acids is 2. The normalized spacial score (nSPS) is 12.3. The quantitative estimate of drug-likeness (QED) is 0.632. The number of ketones is 1. The fraction of sp³-hybridized carbons (Fsp3) is 0.500. The van der Waals surface area contributed by atoms with Gasteiger partial charge in [0.2, 0.25) is 5.91 Å². The predicted octanol–water partition coefficient (Wildman–Crippen LogP) is 3.99. The fourth-order valence-electron chi connectivity index (χ4n) is 4.24. The summed E-state index contributed by atoms with van der Waals surface area (Å²) in [6.07, 6.45) is 0. The van der Waals surface area contributed by atoms with E-state index < -0.39 is 0 Å². The summed E-state index contributed by atoms with van der Waals surface area (Å²) in [4.78, 5) is 27.2. The molecule has 1 heterocycles. The Morgan fingerprint density at radius 3 is 2.23 bits per heavy atom. The van der Waals surface area contributed by atoms with Gasteiger partial charge in [-0.3, -0.25) is 14.5 Å². The Labute approximate surface area is 180 Å². The largest absolute Gasteiger partial charge is 0.383 e. The van der Waals surface area contributed by atoms with E-state index in [0.717, 1.165) is 28.2 Å². The van der Waals surface area contributed by atoms with Crippen molar-refractivity contribution in [2.75, 3.05) is 39.2 Å². The van der Waals surface area contributed by atoms with Crippen molar-refractivity contribution in [3.63, 3.8) is 0 Å². The third-order valence-corrected chi connectivity index (χ3v) is 5.40. The Morgan fingerprint density at radius 1 is 1.07 bits per heavy atom. The minimum Gasteiger partial charge on any atom is -0.383 e. The first kappa shape index (κ1) is 23.8. The zero-order chi connectivity index (χ0) is 22.6. The van der Waals surface area contributed by atoms with Gasteiger partial charge in [-0.15, -0.1) is 0 Å². The first-order valence-electron chi connectivity index (χ1n) is 10.3. The molecule has 1 N–H and O–H groups in total. The van der Waals surface area contributed by atoms with Crippen molar-refractivity contribution >= 4 is 17.4 Å².